The van der Waals surface area contributed by atoms with E-state index in [0.29, 0.717) is 16.7 Å². The van der Waals surface area contributed by atoms with Gasteiger partial charge < -0.3 is 0 Å². The van der Waals surface area contributed by atoms with E-state index in [9.17, 15) is 39.5 Å². The molecular formula is C70H77F9. The predicted octanol–water partition coefficient (Wildman–Crippen LogP) is 21.4. The molecule has 0 spiro atoms. The van der Waals surface area contributed by atoms with Gasteiger partial charge in [-0.15, -0.1) is 0 Å². The van der Waals surface area contributed by atoms with Gasteiger partial charge in [0.05, 0.1) is 0 Å². The Bertz CT molecular complexity index is 2930. The van der Waals surface area contributed by atoms with Gasteiger partial charge in [0.2, 0.25) is 0 Å². The summed E-state index contributed by atoms with van der Waals surface area (Å²) in [7, 11) is 0. The fraction of sp³-hybridized carbons (Fsp3) is 0.229. The van der Waals surface area contributed by atoms with E-state index in [4.69, 9.17) is 0 Å². The van der Waals surface area contributed by atoms with Gasteiger partial charge in [-0.2, -0.15) is 0 Å². The smallest absolute Gasteiger partial charge is 0.129 e. The van der Waals surface area contributed by atoms with E-state index < -0.39 is 34.9 Å². The number of hydrogen-bond acceptors (Lipinski definition) is 0. The minimum absolute atomic E-state index is 0.0810. The number of hydrogen-bond donors (Lipinski definition) is 0. The summed E-state index contributed by atoms with van der Waals surface area (Å²) in [5.41, 5.74) is 17.7. The lowest BCUT2D eigenvalue weighted by Crippen LogP contribution is -1.86. The zero-order valence-electron chi connectivity index (χ0n) is 48.6. The lowest BCUT2D eigenvalue weighted by molar-refractivity contribution is 0.568. The first kappa shape index (κ1) is 69.4. The number of aryl methyl sites for hydroxylation is 14. The van der Waals surface area contributed by atoms with Gasteiger partial charge in [-0.05, 0) is 222 Å². The van der Waals surface area contributed by atoms with E-state index in [-0.39, 0.29) is 23.0 Å². The Morgan fingerprint density at radius 2 is 0.544 bits per heavy atom. The van der Waals surface area contributed by atoms with Crippen LogP contribution < -0.4 is 0 Å². The summed E-state index contributed by atoms with van der Waals surface area (Å²) in [5.74, 6) is -3.51. The molecule has 0 nitrogen and oxygen atoms in total. The van der Waals surface area contributed by atoms with Crippen LogP contribution in [-0.2, 0) is 0 Å². The van der Waals surface area contributed by atoms with Crippen molar-refractivity contribution in [1.82, 2.24) is 0 Å². The van der Waals surface area contributed by atoms with Crippen molar-refractivity contribution in [3.63, 3.8) is 0 Å². The van der Waals surface area contributed by atoms with Crippen LogP contribution in [0.4, 0.5) is 39.5 Å². The van der Waals surface area contributed by atoms with Crippen molar-refractivity contribution in [2.75, 3.05) is 0 Å². The highest BCUT2D eigenvalue weighted by molar-refractivity contribution is 5.36. The molecule has 0 radical (unpaired) electrons. The van der Waals surface area contributed by atoms with E-state index in [0.717, 1.165) is 23.3 Å². The number of rotatable bonds is 0. The Morgan fingerprint density at radius 3 is 0.911 bits per heavy atom. The van der Waals surface area contributed by atoms with E-state index in [2.05, 4.69) is 118 Å². The molecule has 0 amide bonds. The van der Waals surface area contributed by atoms with Crippen LogP contribution in [0.1, 0.15) is 89.0 Å². The average Bonchev–Trinajstić information content (AvgIpc) is 3.35. The Balaban J connectivity index is 0.000000445. The Hall–Kier alpha value is -7.65. The summed E-state index contributed by atoms with van der Waals surface area (Å²) < 4.78 is 110. The quantitative estimate of drug-likeness (QED) is 0.133. The van der Waals surface area contributed by atoms with E-state index in [1.807, 2.05) is 26.0 Å². The van der Waals surface area contributed by atoms with Gasteiger partial charge in [-0.3, -0.25) is 0 Å². The minimum atomic E-state index is -0.530. The van der Waals surface area contributed by atoms with Gasteiger partial charge in [0.15, 0.2) is 0 Å². The fourth-order valence-electron chi connectivity index (χ4n) is 6.88. The van der Waals surface area contributed by atoms with Crippen LogP contribution in [0, 0.1) is 163 Å². The molecule has 9 aromatic carbocycles. The Morgan fingerprint density at radius 1 is 0.177 bits per heavy atom. The Labute approximate surface area is 465 Å². The maximum absolute atomic E-state index is 12.3. The molecule has 0 aliphatic carbocycles. The van der Waals surface area contributed by atoms with Crippen molar-refractivity contribution in [2.45, 2.75) is 111 Å². The van der Waals surface area contributed by atoms with Gasteiger partial charge in [-0.1, -0.05) is 137 Å². The molecule has 0 bridgehead atoms. The Kier molecular flexibility index (Phi) is 32.0. The lowest BCUT2D eigenvalue weighted by atomic mass is 10.0. The molecular weight excluding hydrogens is 1010 g/mol. The largest absolute Gasteiger partial charge is 0.207 e. The van der Waals surface area contributed by atoms with Crippen molar-refractivity contribution in [1.29, 1.82) is 0 Å². The number of benzene rings is 9. The zero-order chi connectivity index (χ0) is 59.9. The lowest BCUT2D eigenvalue weighted by Gasteiger charge is -2.04. The van der Waals surface area contributed by atoms with E-state index >= 15 is 0 Å². The van der Waals surface area contributed by atoms with Crippen molar-refractivity contribution in [2.24, 2.45) is 0 Å². The number of halogens is 9. The van der Waals surface area contributed by atoms with Crippen LogP contribution in [-0.4, -0.2) is 0 Å². The molecule has 0 saturated heterocycles. The summed E-state index contributed by atoms with van der Waals surface area (Å²) in [6, 6.07) is 47.9. The molecule has 79 heavy (non-hydrogen) atoms. The molecule has 0 saturated carbocycles. The molecule has 9 heteroatoms. The maximum atomic E-state index is 12.3. The molecule has 0 fully saturated rings. The molecule has 0 aromatic heterocycles. The second kappa shape index (κ2) is 36.4. The molecule has 9 rings (SSSR count). The van der Waals surface area contributed by atoms with Crippen LogP contribution in [0.3, 0.4) is 0 Å². The summed E-state index contributed by atoms with van der Waals surface area (Å²) in [4.78, 5) is 0. The molecule has 0 N–H and O–H groups in total. The highest BCUT2D eigenvalue weighted by Gasteiger charge is 2.00. The second-order valence-corrected chi connectivity index (χ2v) is 19.3. The van der Waals surface area contributed by atoms with E-state index in [1.54, 1.807) is 51.1 Å². The van der Waals surface area contributed by atoms with Crippen molar-refractivity contribution < 1.29 is 39.5 Å². The van der Waals surface area contributed by atoms with Crippen LogP contribution in [0.5, 0.6) is 0 Å². The highest BCUT2D eigenvalue weighted by atomic mass is 19.2. The first-order valence-corrected chi connectivity index (χ1v) is 25.5. The van der Waals surface area contributed by atoms with Gasteiger partial charge in [0.25, 0.3) is 0 Å². The summed E-state index contributed by atoms with van der Waals surface area (Å²) in [5, 5.41) is 0. The third-order valence-electron chi connectivity index (χ3n) is 11.5. The first-order valence-electron chi connectivity index (χ1n) is 25.5. The van der Waals surface area contributed by atoms with Gasteiger partial charge >= 0.3 is 0 Å². The normalized spacial score (nSPS) is 9.58. The predicted molar refractivity (Wildman–Crippen MR) is 313 cm³/mol. The van der Waals surface area contributed by atoms with Gasteiger partial charge in [-0.25, -0.2) is 39.5 Å². The molecule has 0 unspecified atom stereocenters. The molecule has 420 valence electrons. The summed E-state index contributed by atoms with van der Waals surface area (Å²) in [6.07, 6.45) is 0. The molecule has 0 aliphatic heterocycles. The molecule has 0 aliphatic rings. The standard InChI is InChI=1S/C10H14.2C9H12.3C7H6F2.3C7H7F/c1-7-5-8(2)10(4)9(3)6-7;1-7-4-8(2)6-9(3)5-7;1-7-4-5-8(2)9(3)6-7;1-5-2-6(8)4-7(9)3-5;1-5-2-3-6(8)4-7(5)9;1-5-6(8)3-2-4-7(5)9;1-6-2-4-7(8)5-3-6;1-6-3-2-4-7(8)5-6;1-6-4-2-3-5-7(6)8/h5-6H,1-4H3;2*4-6H,1-3H3;3*2-4H,1H3;3*2-5H,1H3. The van der Waals surface area contributed by atoms with E-state index in [1.165, 1.54) is 135 Å². The SMILES string of the molecule is Cc1c(F)cccc1F.Cc1cc(C)c(C)c(C)c1.Cc1cc(C)cc(C)c1.Cc1cc(F)cc(F)c1.Cc1ccc(C)c(C)c1.Cc1ccc(F)cc1.Cc1ccc(F)cc1F.Cc1cccc(F)c1.Cc1ccccc1F. The summed E-state index contributed by atoms with van der Waals surface area (Å²) >= 11 is 0. The van der Waals surface area contributed by atoms with Crippen LogP contribution in [0.15, 0.2) is 176 Å². The summed E-state index contributed by atoms with van der Waals surface area (Å²) in [6.45, 7) is 31.6. The average molecular weight is 1090 g/mol. The zero-order valence-corrected chi connectivity index (χ0v) is 48.6. The van der Waals surface area contributed by atoms with Crippen molar-refractivity contribution in [3.05, 3.63) is 317 Å². The van der Waals surface area contributed by atoms with Gasteiger partial charge in [0, 0.05) is 17.7 Å². The monoisotopic (exact) mass is 1090 g/mol. The van der Waals surface area contributed by atoms with Gasteiger partial charge in [0.1, 0.15) is 52.4 Å². The molecule has 0 atom stereocenters. The second-order valence-electron chi connectivity index (χ2n) is 19.3. The fourth-order valence-corrected chi connectivity index (χ4v) is 6.88. The third-order valence-corrected chi connectivity index (χ3v) is 11.5. The van der Waals surface area contributed by atoms with Crippen LogP contribution >= 0.6 is 0 Å². The van der Waals surface area contributed by atoms with Crippen molar-refractivity contribution >= 4 is 0 Å². The highest BCUT2D eigenvalue weighted by Crippen LogP contribution is 2.15. The van der Waals surface area contributed by atoms with Crippen molar-refractivity contribution in [3.8, 4) is 0 Å². The maximum Gasteiger partial charge on any atom is 0.129 e. The molecule has 0 heterocycles. The minimum Gasteiger partial charge on any atom is -0.207 e. The van der Waals surface area contributed by atoms with Crippen LogP contribution in [0.25, 0.3) is 0 Å². The third kappa shape index (κ3) is 30.8. The topological polar surface area (TPSA) is 0 Å². The first-order chi connectivity index (χ1) is 37.0. The van der Waals surface area contributed by atoms with Crippen LogP contribution in [0.2, 0.25) is 0 Å². The molecule has 9 aromatic rings.